The van der Waals surface area contributed by atoms with Crippen molar-refractivity contribution >= 4 is 41.5 Å². The number of halogens is 1. The van der Waals surface area contributed by atoms with Gasteiger partial charge in [-0.15, -0.1) is 24.0 Å². The maximum absolute atomic E-state index is 12.0. The fourth-order valence-corrected chi connectivity index (χ4v) is 3.43. The number of para-hydroxylation sites is 1. The molecular weight excluding hydrogens is 463 g/mol. The Morgan fingerprint density at radius 3 is 2.71 bits per heavy atom. The normalized spacial score (nSPS) is 15.9. The number of nitrogens with zero attached hydrogens (tertiary/aromatic N) is 1. The summed E-state index contributed by atoms with van der Waals surface area (Å²) in [5.74, 6) is 0.985. The van der Waals surface area contributed by atoms with Crippen LogP contribution in [0, 0.1) is 13.8 Å². The predicted molar refractivity (Wildman–Crippen MR) is 127 cm³/mol. The summed E-state index contributed by atoms with van der Waals surface area (Å²) in [7, 11) is 0. The number of aliphatic imine (C=N–C) groups is 1. The van der Waals surface area contributed by atoms with E-state index in [0.29, 0.717) is 19.5 Å². The molecule has 0 bridgehead atoms. The number of anilines is 1. The first-order valence-corrected chi connectivity index (χ1v) is 9.54. The molecular formula is C22H29IN4O. The Morgan fingerprint density at radius 2 is 1.96 bits per heavy atom. The Kier molecular flexibility index (Phi) is 8.29. The topological polar surface area (TPSA) is 65.5 Å². The fourth-order valence-electron chi connectivity index (χ4n) is 3.43. The minimum absolute atomic E-state index is 0. The molecule has 3 N–H and O–H groups in total. The van der Waals surface area contributed by atoms with Gasteiger partial charge in [-0.05, 0) is 43.5 Å². The first-order valence-electron chi connectivity index (χ1n) is 9.54. The zero-order valence-corrected chi connectivity index (χ0v) is 19.0. The van der Waals surface area contributed by atoms with Crippen molar-refractivity contribution in [3.8, 4) is 0 Å². The van der Waals surface area contributed by atoms with Gasteiger partial charge in [-0.25, -0.2) is 4.99 Å². The highest BCUT2D eigenvalue weighted by Crippen LogP contribution is 2.31. The molecule has 2 aromatic rings. The Balaban J connectivity index is 0.00000280. The molecule has 0 spiro atoms. The van der Waals surface area contributed by atoms with Crippen LogP contribution in [0.4, 0.5) is 5.69 Å². The summed E-state index contributed by atoms with van der Waals surface area (Å²) in [5.41, 5.74) is 5.83. The van der Waals surface area contributed by atoms with E-state index in [0.717, 1.165) is 18.2 Å². The smallest absolute Gasteiger partial charge is 0.225 e. The summed E-state index contributed by atoms with van der Waals surface area (Å²) in [4.78, 5) is 16.7. The number of nitrogens with one attached hydrogen (secondary N) is 3. The van der Waals surface area contributed by atoms with Gasteiger partial charge in [0.25, 0.3) is 0 Å². The lowest BCUT2D eigenvalue weighted by atomic mass is 9.90. The molecule has 5 nitrogen and oxygen atoms in total. The van der Waals surface area contributed by atoms with Crippen molar-refractivity contribution in [1.29, 1.82) is 0 Å². The van der Waals surface area contributed by atoms with E-state index >= 15 is 0 Å². The van der Waals surface area contributed by atoms with Crippen molar-refractivity contribution in [3.63, 3.8) is 0 Å². The highest BCUT2D eigenvalue weighted by molar-refractivity contribution is 14.0. The van der Waals surface area contributed by atoms with Crippen LogP contribution >= 0.6 is 24.0 Å². The molecule has 3 rings (SSSR count). The molecule has 2 aromatic carbocycles. The number of rotatable bonds is 5. The maximum atomic E-state index is 12.0. The third kappa shape index (κ3) is 5.70. The lowest BCUT2D eigenvalue weighted by Gasteiger charge is -2.26. The number of hydrogen-bond acceptors (Lipinski definition) is 2. The van der Waals surface area contributed by atoms with Crippen molar-refractivity contribution in [2.75, 3.05) is 18.4 Å². The van der Waals surface area contributed by atoms with Gasteiger partial charge in [0.1, 0.15) is 0 Å². The van der Waals surface area contributed by atoms with Crippen molar-refractivity contribution in [1.82, 2.24) is 10.6 Å². The van der Waals surface area contributed by atoms with Crippen molar-refractivity contribution in [2.45, 2.75) is 39.7 Å². The van der Waals surface area contributed by atoms with Gasteiger partial charge >= 0.3 is 0 Å². The molecule has 28 heavy (non-hydrogen) atoms. The molecule has 150 valence electrons. The van der Waals surface area contributed by atoms with Gasteiger partial charge in [0.15, 0.2) is 5.96 Å². The Morgan fingerprint density at radius 1 is 1.18 bits per heavy atom. The molecule has 6 heteroatoms. The zero-order valence-electron chi connectivity index (χ0n) is 16.7. The van der Waals surface area contributed by atoms with E-state index in [9.17, 15) is 4.79 Å². The van der Waals surface area contributed by atoms with Crippen LogP contribution in [-0.4, -0.2) is 25.0 Å². The number of benzene rings is 2. The molecule has 0 aromatic heterocycles. The van der Waals surface area contributed by atoms with E-state index in [2.05, 4.69) is 61.0 Å². The number of hydrogen-bond donors (Lipinski definition) is 3. The number of carbonyl (C=O) groups is 1. The lowest BCUT2D eigenvalue weighted by molar-refractivity contribution is -0.116. The molecule has 1 heterocycles. The van der Waals surface area contributed by atoms with Gasteiger partial charge in [0.05, 0.1) is 6.54 Å². The lowest BCUT2D eigenvalue weighted by Crippen LogP contribution is -2.40. The van der Waals surface area contributed by atoms with Crippen LogP contribution in [0.3, 0.4) is 0 Å². The van der Waals surface area contributed by atoms with E-state index in [1.807, 2.05) is 18.2 Å². The second-order valence-electron chi connectivity index (χ2n) is 7.04. The second-order valence-corrected chi connectivity index (χ2v) is 7.04. The minimum atomic E-state index is 0. The van der Waals surface area contributed by atoms with Crippen LogP contribution < -0.4 is 16.0 Å². The number of amides is 1. The van der Waals surface area contributed by atoms with E-state index in [-0.39, 0.29) is 35.8 Å². The molecule has 1 amide bonds. The van der Waals surface area contributed by atoms with Crippen LogP contribution in [0.15, 0.2) is 47.5 Å². The Hall–Kier alpha value is -2.09. The number of guanidine groups is 1. The van der Waals surface area contributed by atoms with E-state index in [1.54, 1.807) is 0 Å². The zero-order chi connectivity index (χ0) is 19.2. The van der Waals surface area contributed by atoms with Gasteiger partial charge in [-0.3, -0.25) is 4.79 Å². The van der Waals surface area contributed by atoms with Gasteiger partial charge in [-0.2, -0.15) is 0 Å². The van der Waals surface area contributed by atoms with E-state index in [4.69, 9.17) is 4.99 Å². The van der Waals surface area contributed by atoms with Gasteiger partial charge in [0.2, 0.25) is 5.91 Å². The SMILES string of the molecule is CCNC(=NCc1ccc(C)cc1C)NCC1CC(=O)Nc2ccccc21.I. The predicted octanol–water partition coefficient (Wildman–Crippen LogP) is 4.10. The van der Waals surface area contributed by atoms with E-state index < -0.39 is 0 Å². The van der Waals surface area contributed by atoms with Gasteiger partial charge in [0, 0.05) is 31.1 Å². The molecule has 0 aliphatic carbocycles. The molecule has 1 atom stereocenters. The molecule has 0 saturated heterocycles. The number of carbonyl (C=O) groups excluding carboxylic acids is 1. The number of aryl methyl sites for hydroxylation is 2. The average Bonchev–Trinajstić information content (AvgIpc) is 2.64. The van der Waals surface area contributed by atoms with Crippen LogP contribution in [0.5, 0.6) is 0 Å². The van der Waals surface area contributed by atoms with Crippen LogP contribution in [0.2, 0.25) is 0 Å². The molecule has 0 saturated carbocycles. The molecule has 1 unspecified atom stereocenters. The Labute approximate surface area is 184 Å². The van der Waals surface area contributed by atoms with Gasteiger partial charge in [-0.1, -0.05) is 42.0 Å². The summed E-state index contributed by atoms with van der Waals surface area (Å²) < 4.78 is 0. The largest absolute Gasteiger partial charge is 0.357 e. The summed E-state index contributed by atoms with van der Waals surface area (Å²) >= 11 is 0. The molecule has 0 fully saturated rings. The summed E-state index contributed by atoms with van der Waals surface area (Å²) in [5, 5.41) is 9.66. The standard InChI is InChI=1S/C22H28N4O.HI/c1-4-23-22(24-13-17-10-9-15(2)11-16(17)3)25-14-18-12-21(27)26-20-8-6-5-7-19(18)20;/h5-11,18H,4,12-14H2,1-3H3,(H,26,27)(H2,23,24,25);1H. The van der Waals surface area contributed by atoms with Crippen molar-refractivity contribution in [3.05, 3.63) is 64.7 Å². The highest BCUT2D eigenvalue weighted by Gasteiger charge is 2.24. The molecule has 1 aliphatic heterocycles. The summed E-state index contributed by atoms with van der Waals surface area (Å²) in [6, 6.07) is 14.4. The quantitative estimate of drug-likeness (QED) is 0.335. The first-order chi connectivity index (χ1) is 13.1. The molecule has 1 aliphatic rings. The van der Waals surface area contributed by atoms with Gasteiger partial charge < -0.3 is 16.0 Å². The van der Waals surface area contributed by atoms with Crippen molar-refractivity contribution in [2.24, 2.45) is 4.99 Å². The third-order valence-electron chi connectivity index (χ3n) is 4.87. The maximum Gasteiger partial charge on any atom is 0.225 e. The number of fused-ring (bicyclic) bond motifs is 1. The third-order valence-corrected chi connectivity index (χ3v) is 4.87. The fraction of sp³-hybridized carbons (Fsp3) is 0.364. The monoisotopic (exact) mass is 492 g/mol. The Bertz CT molecular complexity index is 850. The first kappa shape index (κ1) is 22.2. The van der Waals surface area contributed by atoms with E-state index in [1.165, 1.54) is 22.3 Å². The average molecular weight is 492 g/mol. The molecule has 0 radical (unpaired) electrons. The highest BCUT2D eigenvalue weighted by atomic mass is 127. The van der Waals surface area contributed by atoms with Crippen LogP contribution in [0.1, 0.15) is 41.5 Å². The minimum Gasteiger partial charge on any atom is -0.357 e. The van der Waals surface area contributed by atoms with Crippen LogP contribution in [-0.2, 0) is 11.3 Å². The summed E-state index contributed by atoms with van der Waals surface area (Å²) in [6.45, 7) is 8.37. The second kappa shape index (κ2) is 10.5. The summed E-state index contributed by atoms with van der Waals surface area (Å²) in [6.07, 6.45) is 0.487. The van der Waals surface area contributed by atoms with Crippen LogP contribution in [0.25, 0.3) is 0 Å². The van der Waals surface area contributed by atoms with Crippen molar-refractivity contribution < 1.29 is 4.79 Å².